The maximum Gasteiger partial charge on any atom is 0.0546 e. The summed E-state index contributed by atoms with van der Waals surface area (Å²) in [6, 6.07) is 0. The van der Waals surface area contributed by atoms with Gasteiger partial charge in [0, 0.05) is 0 Å². The third-order valence-corrected chi connectivity index (χ3v) is 4.64. The van der Waals surface area contributed by atoms with E-state index in [0.29, 0.717) is 11.8 Å². The quantitative estimate of drug-likeness (QED) is 0.655. The summed E-state index contributed by atoms with van der Waals surface area (Å²) in [7, 11) is 0. The van der Waals surface area contributed by atoms with E-state index < -0.39 is 0 Å². The highest BCUT2D eigenvalue weighted by Gasteiger charge is 2.39. The lowest BCUT2D eigenvalue weighted by atomic mass is 9.61. The van der Waals surface area contributed by atoms with Gasteiger partial charge in [-0.1, -0.05) is 25.0 Å². The van der Waals surface area contributed by atoms with Gasteiger partial charge in [0.1, 0.15) is 0 Å². The summed E-state index contributed by atoms with van der Waals surface area (Å²) in [6.07, 6.45) is 7.47. The Bertz CT molecular complexity index is 254. The number of rotatable bonds is 1. The van der Waals surface area contributed by atoms with Gasteiger partial charge < -0.3 is 5.11 Å². The first-order valence-electron chi connectivity index (χ1n) is 6.45. The molecule has 1 fully saturated rings. The maximum atomic E-state index is 9.86. The van der Waals surface area contributed by atoms with Crippen molar-refractivity contribution >= 4 is 0 Å². The smallest absolute Gasteiger partial charge is 0.0546 e. The fraction of sp³-hybridized carbons (Fsp3) is 0.857. The summed E-state index contributed by atoms with van der Waals surface area (Å²) < 4.78 is 0. The summed E-state index contributed by atoms with van der Waals surface area (Å²) in [6.45, 7) is 6.61. The Morgan fingerprint density at radius 3 is 2.73 bits per heavy atom. The second-order valence-corrected chi connectivity index (χ2v) is 5.75. The normalized spacial score (nSPS) is 43.1. The molecule has 0 aliphatic heterocycles. The molecule has 0 bridgehead atoms. The Hall–Kier alpha value is -0.300. The van der Waals surface area contributed by atoms with Crippen molar-refractivity contribution in [3.8, 4) is 0 Å². The van der Waals surface area contributed by atoms with E-state index in [1.54, 1.807) is 0 Å². The number of aliphatic hydroxyl groups excluding tert-OH is 1. The first kappa shape index (κ1) is 11.2. The molecular formula is C14H24O. The number of allylic oxidation sites excluding steroid dienone is 2. The highest BCUT2D eigenvalue weighted by molar-refractivity contribution is 5.11. The van der Waals surface area contributed by atoms with Crippen molar-refractivity contribution in [2.75, 3.05) is 0 Å². The van der Waals surface area contributed by atoms with Crippen LogP contribution in [0.25, 0.3) is 0 Å². The van der Waals surface area contributed by atoms with Crippen molar-refractivity contribution in [2.45, 2.75) is 52.6 Å². The average molecular weight is 208 g/mol. The molecule has 0 amide bonds. The Morgan fingerprint density at radius 1 is 1.33 bits per heavy atom. The van der Waals surface area contributed by atoms with Crippen molar-refractivity contribution in [1.29, 1.82) is 0 Å². The molecule has 1 nitrogen and oxygen atoms in total. The van der Waals surface area contributed by atoms with Gasteiger partial charge in [0.05, 0.1) is 6.10 Å². The predicted octanol–water partition coefficient (Wildman–Crippen LogP) is 3.39. The van der Waals surface area contributed by atoms with E-state index in [9.17, 15) is 5.11 Å². The Labute approximate surface area is 93.6 Å². The van der Waals surface area contributed by atoms with Crippen LogP contribution in [0, 0.1) is 23.7 Å². The van der Waals surface area contributed by atoms with Crippen LogP contribution in [0.5, 0.6) is 0 Å². The molecule has 0 heterocycles. The zero-order valence-corrected chi connectivity index (χ0v) is 10.2. The van der Waals surface area contributed by atoms with E-state index in [2.05, 4.69) is 19.9 Å². The molecule has 5 atom stereocenters. The van der Waals surface area contributed by atoms with Gasteiger partial charge in [-0.2, -0.15) is 0 Å². The molecule has 1 heteroatoms. The van der Waals surface area contributed by atoms with Crippen LogP contribution in [0.3, 0.4) is 0 Å². The Balaban J connectivity index is 2.20. The molecule has 0 radical (unpaired) electrons. The Kier molecular flexibility index (Phi) is 3.20. The molecule has 0 aromatic carbocycles. The van der Waals surface area contributed by atoms with Gasteiger partial charge in [-0.05, 0) is 56.8 Å². The molecule has 0 aromatic rings. The lowest BCUT2D eigenvalue weighted by molar-refractivity contribution is 0.0240. The summed E-state index contributed by atoms with van der Waals surface area (Å²) in [5.74, 6) is 2.86. The number of fused-ring (bicyclic) bond motifs is 1. The van der Waals surface area contributed by atoms with Crippen molar-refractivity contribution in [2.24, 2.45) is 23.7 Å². The molecule has 15 heavy (non-hydrogen) atoms. The molecule has 0 unspecified atom stereocenters. The lowest BCUT2D eigenvalue weighted by Crippen LogP contribution is -2.39. The van der Waals surface area contributed by atoms with Crippen LogP contribution < -0.4 is 0 Å². The molecule has 0 aromatic heterocycles. The molecule has 86 valence electrons. The fourth-order valence-electron chi connectivity index (χ4n) is 3.65. The van der Waals surface area contributed by atoms with Crippen LogP contribution in [-0.2, 0) is 0 Å². The number of aliphatic hydroxyl groups is 1. The molecule has 2 aliphatic rings. The average Bonchev–Trinajstić information content (AvgIpc) is 2.17. The second-order valence-electron chi connectivity index (χ2n) is 5.75. The van der Waals surface area contributed by atoms with Crippen LogP contribution >= 0.6 is 0 Å². The third-order valence-electron chi connectivity index (χ3n) is 4.64. The standard InChI is InChI=1S/C14H24O/c1-9-4-6-12-10(2)5-7-13(11(3)15)14(12)8-9/h8,10-15H,4-7H2,1-3H3/t10-,11-,12+,13+,14+/m1/s1. The largest absolute Gasteiger partial charge is 0.393 e. The van der Waals surface area contributed by atoms with E-state index in [-0.39, 0.29) is 6.10 Å². The number of hydrogen-bond donors (Lipinski definition) is 1. The predicted molar refractivity (Wildman–Crippen MR) is 63.5 cm³/mol. The van der Waals surface area contributed by atoms with E-state index in [1.807, 2.05) is 6.92 Å². The second kappa shape index (κ2) is 4.29. The van der Waals surface area contributed by atoms with Gasteiger partial charge in [-0.3, -0.25) is 0 Å². The molecule has 2 rings (SSSR count). The van der Waals surface area contributed by atoms with Crippen LogP contribution in [0.1, 0.15) is 46.5 Å². The zero-order chi connectivity index (χ0) is 11.0. The van der Waals surface area contributed by atoms with E-state index in [1.165, 1.54) is 31.3 Å². The summed E-state index contributed by atoms with van der Waals surface area (Å²) >= 11 is 0. The van der Waals surface area contributed by atoms with Gasteiger partial charge in [-0.15, -0.1) is 0 Å². The van der Waals surface area contributed by atoms with Gasteiger partial charge in [0.15, 0.2) is 0 Å². The minimum Gasteiger partial charge on any atom is -0.393 e. The van der Waals surface area contributed by atoms with Gasteiger partial charge in [-0.25, -0.2) is 0 Å². The molecule has 0 spiro atoms. The van der Waals surface area contributed by atoms with Gasteiger partial charge >= 0.3 is 0 Å². The number of hydrogen-bond acceptors (Lipinski definition) is 1. The molecular weight excluding hydrogens is 184 g/mol. The lowest BCUT2D eigenvalue weighted by Gasteiger charge is -2.44. The Morgan fingerprint density at radius 2 is 2.07 bits per heavy atom. The SMILES string of the molecule is CC1=C[C@H]2[C@@H](CC1)[C@H](C)CC[C@H]2[C@@H](C)O. The zero-order valence-electron chi connectivity index (χ0n) is 10.2. The van der Waals surface area contributed by atoms with Gasteiger partial charge in [0.2, 0.25) is 0 Å². The minimum atomic E-state index is -0.132. The maximum absolute atomic E-state index is 9.86. The van der Waals surface area contributed by atoms with Crippen molar-refractivity contribution in [3.05, 3.63) is 11.6 Å². The van der Waals surface area contributed by atoms with Gasteiger partial charge in [0.25, 0.3) is 0 Å². The molecule has 0 saturated heterocycles. The van der Waals surface area contributed by atoms with Crippen LogP contribution in [0.2, 0.25) is 0 Å². The first-order chi connectivity index (χ1) is 7.09. The summed E-state index contributed by atoms with van der Waals surface area (Å²) in [5.41, 5.74) is 1.54. The van der Waals surface area contributed by atoms with E-state index in [0.717, 1.165) is 11.8 Å². The fourth-order valence-corrected chi connectivity index (χ4v) is 3.65. The highest BCUT2D eigenvalue weighted by Crippen LogP contribution is 2.46. The van der Waals surface area contributed by atoms with Crippen LogP contribution in [0.4, 0.5) is 0 Å². The molecule has 1 N–H and O–H groups in total. The van der Waals surface area contributed by atoms with Crippen molar-refractivity contribution in [3.63, 3.8) is 0 Å². The first-order valence-corrected chi connectivity index (χ1v) is 6.45. The minimum absolute atomic E-state index is 0.132. The van der Waals surface area contributed by atoms with Crippen LogP contribution in [0.15, 0.2) is 11.6 Å². The molecule has 2 aliphatic carbocycles. The van der Waals surface area contributed by atoms with Crippen molar-refractivity contribution in [1.82, 2.24) is 0 Å². The van der Waals surface area contributed by atoms with Crippen molar-refractivity contribution < 1.29 is 5.11 Å². The monoisotopic (exact) mass is 208 g/mol. The summed E-state index contributed by atoms with van der Waals surface area (Å²) in [4.78, 5) is 0. The van der Waals surface area contributed by atoms with E-state index >= 15 is 0 Å². The van der Waals surface area contributed by atoms with Crippen LogP contribution in [-0.4, -0.2) is 11.2 Å². The third kappa shape index (κ3) is 2.13. The highest BCUT2D eigenvalue weighted by atomic mass is 16.3. The summed E-state index contributed by atoms with van der Waals surface area (Å²) in [5, 5.41) is 9.86. The molecule has 1 saturated carbocycles. The van der Waals surface area contributed by atoms with E-state index in [4.69, 9.17) is 0 Å². The topological polar surface area (TPSA) is 20.2 Å².